The molecule has 0 aromatic heterocycles. The lowest BCUT2D eigenvalue weighted by atomic mass is 9.81. The highest BCUT2D eigenvalue weighted by Gasteiger charge is 2.23. The molecule has 0 unspecified atom stereocenters. The Morgan fingerprint density at radius 1 is 1.29 bits per heavy atom. The average molecular weight is 256 g/mol. The van der Waals surface area contributed by atoms with Gasteiger partial charge in [-0.05, 0) is 29.5 Å². The zero-order chi connectivity index (χ0) is 10.9. The summed E-state index contributed by atoms with van der Waals surface area (Å²) >= 11 is 3.53. The fourth-order valence-corrected chi connectivity index (χ4v) is 1.81. The molecule has 1 atom stereocenters. The Bertz CT molecular complexity index is 326. The van der Waals surface area contributed by atoms with Crippen LogP contribution in [0.4, 0.5) is 0 Å². The first kappa shape index (κ1) is 11.7. The van der Waals surface area contributed by atoms with Crippen molar-refractivity contribution in [3.05, 3.63) is 33.8 Å². The van der Waals surface area contributed by atoms with Crippen LogP contribution in [-0.4, -0.2) is 0 Å². The number of hydrogen-bond donors (Lipinski definition) is 1. The van der Waals surface area contributed by atoms with Crippen molar-refractivity contribution >= 4 is 15.9 Å². The van der Waals surface area contributed by atoms with Gasteiger partial charge >= 0.3 is 0 Å². The first-order valence-corrected chi connectivity index (χ1v) is 5.64. The summed E-state index contributed by atoms with van der Waals surface area (Å²) in [4.78, 5) is 0. The molecule has 0 saturated heterocycles. The summed E-state index contributed by atoms with van der Waals surface area (Å²) in [7, 11) is 0. The summed E-state index contributed by atoms with van der Waals surface area (Å²) in [5.41, 5.74) is 8.80. The maximum absolute atomic E-state index is 6.22. The Kier molecular flexibility index (Phi) is 3.38. The minimum absolute atomic E-state index is 0.0833. The van der Waals surface area contributed by atoms with Crippen LogP contribution in [-0.2, 0) is 0 Å². The Labute approximate surface area is 94.8 Å². The highest BCUT2D eigenvalue weighted by atomic mass is 79.9. The zero-order valence-corrected chi connectivity index (χ0v) is 10.9. The Hall–Kier alpha value is -0.340. The van der Waals surface area contributed by atoms with E-state index in [4.69, 9.17) is 5.73 Å². The van der Waals surface area contributed by atoms with Crippen molar-refractivity contribution in [3.8, 4) is 0 Å². The summed E-state index contributed by atoms with van der Waals surface area (Å²) in [5, 5.41) is 0. The van der Waals surface area contributed by atoms with Crippen LogP contribution in [0.15, 0.2) is 22.7 Å². The van der Waals surface area contributed by atoms with Gasteiger partial charge in [-0.2, -0.15) is 0 Å². The third-order valence-corrected chi connectivity index (χ3v) is 3.44. The molecule has 2 heteroatoms. The lowest BCUT2D eigenvalue weighted by Crippen LogP contribution is -2.26. The number of halogens is 1. The molecular weight excluding hydrogens is 238 g/mol. The van der Waals surface area contributed by atoms with E-state index in [1.54, 1.807) is 0 Å². The van der Waals surface area contributed by atoms with Crippen LogP contribution >= 0.6 is 15.9 Å². The van der Waals surface area contributed by atoms with Gasteiger partial charge < -0.3 is 5.73 Å². The van der Waals surface area contributed by atoms with Crippen LogP contribution in [0.3, 0.4) is 0 Å². The molecule has 0 aliphatic rings. The van der Waals surface area contributed by atoms with Crippen molar-refractivity contribution in [1.82, 2.24) is 0 Å². The Morgan fingerprint density at radius 3 is 2.36 bits per heavy atom. The van der Waals surface area contributed by atoms with Crippen LogP contribution in [0.5, 0.6) is 0 Å². The molecule has 1 nitrogen and oxygen atoms in total. The van der Waals surface area contributed by atoms with Crippen molar-refractivity contribution in [2.75, 3.05) is 0 Å². The highest BCUT2D eigenvalue weighted by molar-refractivity contribution is 9.10. The fraction of sp³-hybridized carbons (Fsp3) is 0.500. The summed E-state index contributed by atoms with van der Waals surface area (Å²) < 4.78 is 1.13. The van der Waals surface area contributed by atoms with Crippen molar-refractivity contribution in [1.29, 1.82) is 0 Å². The molecule has 0 fully saturated rings. The van der Waals surface area contributed by atoms with Crippen molar-refractivity contribution < 1.29 is 0 Å². The molecular formula is C12H18BrN. The van der Waals surface area contributed by atoms with E-state index in [1.165, 1.54) is 11.1 Å². The lowest BCUT2D eigenvalue weighted by molar-refractivity contribution is 0.326. The van der Waals surface area contributed by atoms with Crippen LogP contribution < -0.4 is 5.73 Å². The Balaban J connectivity index is 3.14. The van der Waals surface area contributed by atoms with Gasteiger partial charge in [-0.1, -0.05) is 48.8 Å². The smallest absolute Gasteiger partial charge is 0.0347 e. The van der Waals surface area contributed by atoms with Gasteiger partial charge in [0, 0.05) is 10.5 Å². The van der Waals surface area contributed by atoms with Crippen LogP contribution in [0.2, 0.25) is 0 Å². The summed E-state index contributed by atoms with van der Waals surface area (Å²) in [6.45, 7) is 8.60. The van der Waals surface area contributed by atoms with Gasteiger partial charge in [0.05, 0.1) is 0 Å². The van der Waals surface area contributed by atoms with Crippen molar-refractivity contribution in [2.45, 2.75) is 33.7 Å². The number of benzene rings is 1. The SMILES string of the molecule is Cc1c(Br)cccc1[C@H](N)C(C)(C)C. The summed E-state index contributed by atoms with van der Waals surface area (Å²) in [5.74, 6) is 0. The maximum atomic E-state index is 6.22. The topological polar surface area (TPSA) is 26.0 Å². The van der Waals surface area contributed by atoms with E-state index in [9.17, 15) is 0 Å². The second kappa shape index (κ2) is 4.03. The maximum Gasteiger partial charge on any atom is 0.0347 e. The fourth-order valence-electron chi connectivity index (χ4n) is 1.43. The average Bonchev–Trinajstić information content (AvgIpc) is 2.07. The van der Waals surface area contributed by atoms with Crippen LogP contribution in [0.1, 0.15) is 37.9 Å². The second-order valence-corrected chi connectivity index (χ2v) is 5.65. The quantitative estimate of drug-likeness (QED) is 0.812. The van der Waals surface area contributed by atoms with E-state index in [-0.39, 0.29) is 11.5 Å². The van der Waals surface area contributed by atoms with Gasteiger partial charge in [0.15, 0.2) is 0 Å². The van der Waals surface area contributed by atoms with Gasteiger partial charge in [-0.3, -0.25) is 0 Å². The van der Waals surface area contributed by atoms with Crippen molar-refractivity contribution in [2.24, 2.45) is 11.1 Å². The molecule has 0 amide bonds. The summed E-state index contributed by atoms with van der Waals surface area (Å²) in [6, 6.07) is 6.28. The van der Waals surface area contributed by atoms with Crippen LogP contribution in [0, 0.1) is 12.3 Å². The van der Waals surface area contributed by atoms with E-state index in [2.05, 4.69) is 49.7 Å². The first-order chi connectivity index (χ1) is 6.34. The lowest BCUT2D eigenvalue weighted by Gasteiger charge is -2.28. The number of hydrogen-bond acceptors (Lipinski definition) is 1. The van der Waals surface area contributed by atoms with E-state index in [0.717, 1.165) is 4.47 Å². The third kappa shape index (κ3) is 2.37. The first-order valence-electron chi connectivity index (χ1n) is 4.84. The monoisotopic (exact) mass is 255 g/mol. The molecule has 1 aromatic carbocycles. The molecule has 1 rings (SSSR count). The Morgan fingerprint density at radius 2 is 1.86 bits per heavy atom. The molecule has 2 N–H and O–H groups in total. The van der Waals surface area contributed by atoms with Gasteiger partial charge in [0.2, 0.25) is 0 Å². The van der Waals surface area contributed by atoms with E-state index in [1.807, 2.05) is 12.1 Å². The van der Waals surface area contributed by atoms with Crippen molar-refractivity contribution in [3.63, 3.8) is 0 Å². The largest absolute Gasteiger partial charge is 0.324 e. The van der Waals surface area contributed by atoms with E-state index < -0.39 is 0 Å². The molecule has 0 heterocycles. The predicted octanol–water partition coefficient (Wildman–Crippen LogP) is 3.80. The molecule has 0 spiro atoms. The molecule has 0 aliphatic carbocycles. The van der Waals surface area contributed by atoms with Gasteiger partial charge in [0.1, 0.15) is 0 Å². The van der Waals surface area contributed by atoms with Crippen LogP contribution in [0.25, 0.3) is 0 Å². The minimum atomic E-state index is 0.0833. The van der Waals surface area contributed by atoms with Gasteiger partial charge in [-0.15, -0.1) is 0 Å². The summed E-state index contributed by atoms with van der Waals surface area (Å²) in [6.07, 6.45) is 0. The third-order valence-electron chi connectivity index (χ3n) is 2.58. The predicted molar refractivity (Wildman–Crippen MR) is 65.3 cm³/mol. The van der Waals surface area contributed by atoms with E-state index in [0.29, 0.717) is 0 Å². The molecule has 0 aliphatic heterocycles. The zero-order valence-electron chi connectivity index (χ0n) is 9.26. The molecule has 0 bridgehead atoms. The highest BCUT2D eigenvalue weighted by Crippen LogP contribution is 2.34. The second-order valence-electron chi connectivity index (χ2n) is 4.80. The molecule has 1 aromatic rings. The van der Waals surface area contributed by atoms with Gasteiger partial charge in [-0.25, -0.2) is 0 Å². The molecule has 0 saturated carbocycles. The molecule has 78 valence electrons. The number of nitrogens with two attached hydrogens (primary N) is 1. The molecule has 0 radical (unpaired) electrons. The molecule has 14 heavy (non-hydrogen) atoms. The van der Waals surface area contributed by atoms with Gasteiger partial charge in [0.25, 0.3) is 0 Å². The van der Waals surface area contributed by atoms with E-state index >= 15 is 0 Å². The number of rotatable bonds is 1. The minimum Gasteiger partial charge on any atom is -0.324 e. The standard InChI is InChI=1S/C12H18BrN/c1-8-9(6-5-7-10(8)13)11(14)12(2,3)4/h5-7,11H,14H2,1-4H3/t11-/m0/s1. The normalized spacial score (nSPS) is 14.1.